The maximum Gasteiger partial charge on any atom is 0.222 e. The van der Waals surface area contributed by atoms with Crippen molar-refractivity contribution < 1.29 is 5.32 Å². The summed E-state index contributed by atoms with van der Waals surface area (Å²) < 4.78 is 7.78. The number of quaternary nitrogens is 1. The molecule has 3 unspecified atom stereocenters. The summed E-state index contributed by atoms with van der Waals surface area (Å²) in [4.78, 5) is 0. The zero-order chi connectivity index (χ0) is 29.5. The van der Waals surface area contributed by atoms with Crippen LogP contribution in [0.1, 0.15) is 29.7 Å². The van der Waals surface area contributed by atoms with Gasteiger partial charge in [0, 0.05) is 57.3 Å². The zero-order valence-electron chi connectivity index (χ0n) is 24.2. The van der Waals surface area contributed by atoms with Gasteiger partial charge in [-0.1, -0.05) is 103 Å². The van der Waals surface area contributed by atoms with Gasteiger partial charge in [-0.25, -0.2) is 0 Å². The first kappa shape index (κ1) is 25.7. The predicted octanol–water partition coefficient (Wildman–Crippen LogP) is 9.92. The molecule has 1 fully saturated rings. The van der Waals surface area contributed by atoms with Gasteiger partial charge in [-0.05, 0) is 47.6 Å². The largest absolute Gasteiger partial charge is 0.586 e. The number of para-hydroxylation sites is 1. The van der Waals surface area contributed by atoms with Crippen LogP contribution < -0.4 is 10.6 Å². The van der Waals surface area contributed by atoms with Gasteiger partial charge in [-0.2, -0.15) is 0 Å². The van der Waals surface area contributed by atoms with E-state index in [1.807, 2.05) is 22.7 Å². The molecule has 1 aliphatic heterocycles. The topological polar surface area (TPSA) is 47.7 Å². The Morgan fingerprint density at radius 1 is 0.556 bits per heavy atom. The summed E-state index contributed by atoms with van der Waals surface area (Å²) in [5.41, 5.74) is 4.93. The Morgan fingerprint density at radius 3 is 2.09 bits per heavy atom. The Labute approximate surface area is 267 Å². The average Bonchev–Trinajstić information content (AvgIpc) is 3.76. The molecule has 0 bridgehead atoms. The lowest BCUT2D eigenvalue weighted by atomic mass is 10.1. The molecule has 45 heavy (non-hydrogen) atoms. The molecule has 3 N–H and O–H groups in total. The number of fused-ring (bicyclic) bond motifs is 9. The van der Waals surface area contributed by atoms with Crippen molar-refractivity contribution in [3.8, 4) is 0 Å². The average molecular weight is 617 g/mol. The van der Waals surface area contributed by atoms with Gasteiger partial charge < -0.3 is 10.6 Å². The van der Waals surface area contributed by atoms with Crippen LogP contribution in [0.4, 0.5) is 0 Å². The molecule has 216 valence electrons. The summed E-state index contributed by atoms with van der Waals surface area (Å²) >= 11 is 3.75. The van der Waals surface area contributed by atoms with Crippen LogP contribution in [-0.2, 0) is 0 Å². The fourth-order valence-corrected chi connectivity index (χ4v) is 9.68. The molecule has 10 rings (SSSR count). The van der Waals surface area contributed by atoms with Crippen molar-refractivity contribution in [2.24, 2.45) is 0 Å². The van der Waals surface area contributed by atoms with Crippen LogP contribution in [0.3, 0.4) is 0 Å². The first-order chi connectivity index (χ1) is 22.3. The SMILES string of the molecule is c1ccc(C2[N-]C(c3cccc4c3sc3ccccc34)NC(n3c4ccccc4c4cc5c(cc43)sc3ccccc35)[NH2+]2)cc1. The Balaban J connectivity index is 1.19. The maximum atomic E-state index is 5.47. The molecule has 3 aromatic heterocycles. The number of aromatic nitrogens is 1. The normalized spacial score (nSPS) is 19.1. The molecule has 0 saturated carbocycles. The van der Waals surface area contributed by atoms with Gasteiger partial charge >= 0.3 is 0 Å². The van der Waals surface area contributed by atoms with Crippen molar-refractivity contribution in [1.29, 1.82) is 0 Å². The Kier molecular flexibility index (Phi) is 5.70. The molecule has 6 heteroatoms. The lowest BCUT2D eigenvalue weighted by Gasteiger charge is -2.47. The minimum absolute atomic E-state index is 0.0589. The van der Waals surface area contributed by atoms with Crippen molar-refractivity contribution in [2.75, 3.05) is 0 Å². The molecule has 4 heterocycles. The van der Waals surface area contributed by atoms with Crippen LogP contribution in [0.25, 0.3) is 67.5 Å². The van der Waals surface area contributed by atoms with Gasteiger partial charge in [0.1, 0.15) is 0 Å². The minimum atomic E-state index is -0.175. The Bertz CT molecular complexity index is 2560. The third kappa shape index (κ3) is 3.94. The molecule has 0 radical (unpaired) electrons. The minimum Gasteiger partial charge on any atom is -0.586 e. The third-order valence-electron chi connectivity index (χ3n) is 9.36. The standard InChI is InChI=1S/C39H27N4S2/c1-2-11-23(12-3-1)37-40-38(28-17-10-16-27-25-14-5-9-20-34(25)45-36(27)28)42-39(41-37)43-31-18-7-4-13-24(31)29-21-30-26-15-6-8-19-33(26)44-35(30)22-32(29)43/h1-22,37-39,41-42H/q-1/p+1. The van der Waals surface area contributed by atoms with Crippen molar-refractivity contribution in [1.82, 2.24) is 9.88 Å². The van der Waals surface area contributed by atoms with Gasteiger partial charge in [0.2, 0.25) is 6.29 Å². The lowest BCUT2D eigenvalue weighted by Crippen LogP contribution is -2.92. The van der Waals surface area contributed by atoms with Crippen LogP contribution in [0.15, 0.2) is 133 Å². The van der Waals surface area contributed by atoms with E-state index in [0.717, 1.165) is 0 Å². The summed E-state index contributed by atoms with van der Waals surface area (Å²) in [6, 6.07) is 48.6. The number of nitrogens with zero attached hydrogens (tertiary/aromatic N) is 2. The van der Waals surface area contributed by atoms with Crippen LogP contribution >= 0.6 is 22.7 Å². The van der Waals surface area contributed by atoms with E-state index in [4.69, 9.17) is 5.32 Å². The molecule has 0 aliphatic carbocycles. The van der Waals surface area contributed by atoms with E-state index in [2.05, 4.69) is 149 Å². The lowest BCUT2D eigenvalue weighted by molar-refractivity contribution is -0.753. The van der Waals surface area contributed by atoms with Crippen molar-refractivity contribution in [2.45, 2.75) is 18.6 Å². The van der Waals surface area contributed by atoms with E-state index in [0.29, 0.717) is 0 Å². The molecular formula is C39H28N4S2. The summed E-state index contributed by atoms with van der Waals surface area (Å²) in [7, 11) is 0. The van der Waals surface area contributed by atoms with Gasteiger partial charge in [0.05, 0.1) is 11.0 Å². The summed E-state index contributed by atoms with van der Waals surface area (Å²) in [6.07, 6.45) is -0.306. The smallest absolute Gasteiger partial charge is 0.222 e. The molecule has 6 aromatic carbocycles. The highest BCUT2D eigenvalue weighted by atomic mass is 32.1. The van der Waals surface area contributed by atoms with Crippen LogP contribution in [0, 0.1) is 0 Å². The van der Waals surface area contributed by atoms with Crippen LogP contribution in [-0.4, -0.2) is 4.57 Å². The molecular weight excluding hydrogens is 589 g/mol. The fourth-order valence-electron chi connectivity index (χ4n) is 7.32. The number of hydrogen-bond donors (Lipinski definition) is 2. The number of benzene rings is 6. The van der Waals surface area contributed by atoms with E-state index in [9.17, 15) is 0 Å². The van der Waals surface area contributed by atoms with Crippen LogP contribution in [0.2, 0.25) is 0 Å². The number of hydrogen-bond acceptors (Lipinski definition) is 3. The second kappa shape index (κ2) is 9.97. The molecule has 4 nitrogen and oxygen atoms in total. The highest BCUT2D eigenvalue weighted by Crippen LogP contribution is 2.43. The number of thiophene rings is 2. The first-order valence-corrected chi connectivity index (χ1v) is 17.0. The zero-order valence-corrected chi connectivity index (χ0v) is 25.9. The van der Waals surface area contributed by atoms with Crippen molar-refractivity contribution in [3.63, 3.8) is 0 Å². The van der Waals surface area contributed by atoms with E-state index in [1.165, 1.54) is 73.3 Å². The highest BCUT2D eigenvalue weighted by molar-refractivity contribution is 7.26. The second-order valence-electron chi connectivity index (χ2n) is 11.9. The maximum absolute atomic E-state index is 5.47. The van der Waals surface area contributed by atoms with Crippen LogP contribution in [0.5, 0.6) is 0 Å². The second-order valence-corrected chi connectivity index (χ2v) is 14.0. The van der Waals surface area contributed by atoms with E-state index >= 15 is 0 Å². The highest BCUT2D eigenvalue weighted by Gasteiger charge is 2.29. The van der Waals surface area contributed by atoms with Gasteiger partial charge in [-0.3, -0.25) is 9.88 Å². The van der Waals surface area contributed by atoms with Gasteiger partial charge in [0.25, 0.3) is 0 Å². The number of rotatable bonds is 3. The van der Waals surface area contributed by atoms with Gasteiger partial charge in [0.15, 0.2) is 0 Å². The Hall–Kier alpha value is -4.56. The predicted molar refractivity (Wildman–Crippen MR) is 191 cm³/mol. The quantitative estimate of drug-likeness (QED) is 0.204. The molecule has 1 aliphatic rings. The monoisotopic (exact) mass is 616 g/mol. The summed E-state index contributed by atoms with van der Waals surface area (Å²) in [6.45, 7) is 0. The van der Waals surface area contributed by atoms with Crippen molar-refractivity contribution in [3.05, 3.63) is 150 Å². The van der Waals surface area contributed by atoms with E-state index < -0.39 is 0 Å². The summed E-state index contributed by atoms with van der Waals surface area (Å²) in [5.74, 6) is 0. The summed E-state index contributed by atoms with van der Waals surface area (Å²) in [5, 5.41) is 19.7. The molecule has 1 saturated heterocycles. The van der Waals surface area contributed by atoms with E-state index in [-0.39, 0.29) is 18.6 Å². The van der Waals surface area contributed by atoms with Crippen molar-refractivity contribution >= 4 is 84.8 Å². The molecule has 9 aromatic rings. The molecule has 0 spiro atoms. The third-order valence-corrected chi connectivity index (χ3v) is 11.7. The number of nitrogens with one attached hydrogen (secondary N) is 1. The molecule has 0 amide bonds. The Morgan fingerprint density at radius 2 is 1.24 bits per heavy atom. The van der Waals surface area contributed by atoms with Gasteiger partial charge in [-0.15, -0.1) is 22.7 Å². The first-order valence-electron chi connectivity index (χ1n) is 15.4. The number of nitrogens with two attached hydrogens (primary N) is 1. The van der Waals surface area contributed by atoms with E-state index in [1.54, 1.807) is 0 Å². The fraction of sp³-hybridized carbons (Fsp3) is 0.0769. The molecule has 3 atom stereocenters.